The molecule has 0 bridgehead atoms. The predicted molar refractivity (Wildman–Crippen MR) is 107 cm³/mol. The molecule has 2 aliphatic rings. The summed E-state index contributed by atoms with van der Waals surface area (Å²) in [4.78, 5) is 15.3. The van der Waals surface area contributed by atoms with E-state index >= 15 is 0 Å². The number of hydrogen-bond donors (Lipinski definition) is 1. The molecule has 1 amide bonds. The molecule has 1 aromatic carbocycles. The van der Waals surface area contributed by atoms with Gasteiger partial charge < -0.3 is 10.2 Å². The first kappa shape index (κ1) is 19.1. The van der Waals surface area contributed by atoms with Crippen LogP contribution in [0.1, 0.15) is 54.4 Å². The molecule has 0 saturated carbocycles. The van der Waals surface area contributed by atoms with Gasteiger partial charge in [-0.05, 0) is 75.4 Å². The van der Waals surface area contributed by atoms with Crippen molar-refractivity contribution in [3.8, 4) is 5.69 Å². The molecular weight excluding hydrogens is 355 g/mol. The van der Waals surface area contributed by atoms with Crippen LogP contribution in [0, 0.1) is 11.7 Å². The lowest BCUT2D eigenvalue weighted by Crippen LogP contribution is -2.38. The van der Waals surface area contributed by atoms with Crippen molar-refractivity contribution in [2.24, 2.45) is 5.92 Å². The lowest BCUT2D eigenvalue weighted by molar-refractivity contribution is 0.0936. The Morgan fingerprint density at radius 3 is 2.64 bits per heavy atom. The SMILES string of the molecule is CC(CNC(=O)c1nn(-c2ccc(F)cc2)c2c1CCC2)CN1CCCCC1. The van der Waals surface area contributed by atoms with Gasteiger partial charge in [0, 0.05) is 24.3 Å². The van der Waals surface area contributed by atoms with Crippen LogP contribution in [0.15, 0.2) is 24.3 Å². The minimum Gasteiger partial charge on any atom is -0.350 e. The zero-order valence-electron chi connectivity index (χ0n) is 16.6. The third-order valence-electron chi connectivity index (χ3n) is 5.85. The molecule has 28 heavy (non-hydrogen) atoms. The Bertz CT molecular complexity index is 824. The Morgan fingerprint density at radius 2 is 1.89 bits per heavy atom. The van der Waals surface area contributed by atoms with E-state index in [2.05, 4.69) is 22.2 Å². The standard InChI is InChI=1S/C22H29FN4O/c1-16(15-26-12-3-2-4-13-26)14-24-22(28)21-19-6-5-7-20(19)27(25-21)18-10-8-17(23)9-11-18/h8-11,16H,2-7,12-15H2,1H3,(H,24,28). The molecule has 150 valence electrons. The van der Waals surface area contributed by atoms with E-state index < -0.39 is 0 Å². The highest BCUT2D eigenvalue weighted by Crippen LogP contribution is 2.28. The van der Waals surface area contributed by atoms with Crippen molar-refractivity contribution in [1.82, 2.24) is 20.0 Å². The van der Waals surface area contributed by atoms with Crippen LogP contribution >= 0.6 is 0 Å². The lowest BCUT2D eigenvalue weighted by Gasteiger charge is -2.29. The van der Waals surface area contributed by atoms with Crippen LogP contribution in [0.2, 0.25) is 0 Å². The molecule has 6 heteroatoms. The number of piperidine rings is 1. The van der Waals surface area contributed by atoms with Gasteiger partial charge in [-0.3, -0.25) is 4.79 Å². The van der Waals surface area contributed by atoms with E-state index in [9.17, 15) is 9.18 Å². The fourth-order valence-electron chi connectivity index (χ4n) is 4.41. The van der Waals surface area contributed by atoms with Gasteiger partial charge in [-0.2, -0.15) is 5.10 Å². The fourth-order valence-corrected chi connectivity index (χ4v) is 4.41. The lowest BCUT2D eigenvalue weighted by atomic mass is 10.1. The van der Waals surface area contributed by atoms with Crippen molar-refractivity contribution >= 4 is 5.91 Å². The molecule has 1 atom stereocenters. The van der Waals surface area contributed by atoms with E-state index in [1.807, 2.05) is 4.68 Å². The van der Waals surface area contributed by atoms with Gasteiger partial charge in [0.05, 0.1) is 5.69 Å². The first-order valence-electron chi connectivity index (χ1n) is 10.5. The molecule has 2 aromatic rings. The molecule has 4 rings (SSSR count). The maximum atomic E-state index is 13.3. The van der Waals surface area contributed by atoms with E-state index in [1.54, 1.807) is 12.1 Å². The van der Waals surface area contributed by atoms with Crippen LogP contribution in [0.25, 0.3) is 5.69 Å². The highest BCUT2D eigenvalue weighted by Gasteiger charge is 2.27. The molecule has 1 aliphatic carbocycles. The summed E-state index contributed by atoms with van der Waals surface area (Å²) in [5, 5.41) is 7.69. The number of benzene rings is 1. The first-order valence-corrected chi connectivity index (χ1v) is 10.5. The minimum absolute atomic E-state index is 0.0931. The van der Waals surface area contributed by atoms with Gasteiger partial charge in [0.25, 0.3) is 5.91 Å². The van der Waals surface area contributed by atoms with Gasteiger partial charge in [-0.25, -0.2) is 9.07 Å². The van der Waals surface area contributed by atoms with Crippen molar-refractivity contribution in [1.29, 1.82) is 0 Å². The van der Waals surface area contributed by atoms with Crippen molar-refractivity contribution < 1.29 is 9.18 Å². The third-order valence-corrected chi connectivity index (χ3v) is 5.85. The van der Waals surface area contributed by atoms with E-state index in [0.29, 0.717) is 18.2 Å². The van der Waals surface area contributed by atoms with Gasteiger partial charge >= 0.3 is 0 Å². The fraction of sp³-hybridized carbons (Fsp3) is 0.545. The zero-order chi connectivity index (χ0) is 19.5. The highest BCUT2D eigenvalue weighted by atomic mass is 19.1. The number of nitrogens with one attached hydrogen (secondary N) is 1. The number of fused-ring (bicyclic) bond motifs is 1. The summed E-state index contributed by atoms with van der Waals surface area (Å²) in [5.41, 5.74) is 3.46. The van der Waals surface area contributed by atoms with E-state index in [-0.39, 0.29) is 11.7 Å². The normalized spacial score (nSPS) is 18.1. The summed E-state index contributed by atoms with van der Waals surface area (Å²) in [6, 6.07) is 6.29. The van der Waals surface area contributed by atoms with Crippen LogP contribution in [-0.4, -0.2) is 46.8 Å². The summed E-state index contributed by atoms with van der Waals surface area (Å²) in [5.74, 6) is 0.0481. The highest BCUT2D eigenvalue weighted by molar-refractivity contribution is 5.94. The number of likely N-dealkylation sites (tertiary alicyclic amines) is 1. The smallest absolute Gasteiger partial charge is 0.272 e. The van der Waals surface area contributed by atoms with Gasteiger partial charge in [-0.1, -0.05) is 13.3 Å². The average molecular weight is 384 g/mol. The molecule has 1 fully saturated rings. The number of halogens is 1. The Labute approximate surface area is 165 Å². The summed E-state index contributed by atoms with van der Waals surface area (Å²) >= 11 is 0. The second kappa shape index (κ2) is 8.43. The summed E-state index contributed by atoms with van der Waals surface area (Å²) in [7, 11) is 0. The average Bonchev–Trinajstić information content (AvgIpc) is 3.30. The maximum Gasteiger partial charge on any atom is 0.272 e. The van der Waals surface area contributed by atoms with Crippen LogP contribution in [0.5, 0.6) is 0 Å². The molecule has 5 nitrogen and oxygen atoms in total. The molecular formula is C22H29FN4O. The number of carbonyl (C=O) groups is 1. The molecule has 1 N–H and O–H groups in total. The van der Waals surface area contributed by atoms with Crippen molar-refractivity contribution in [2.45, 2.75) is 45.4 Å². The van der Waals surface area contributed by atoms with Gasteiger partial charge in [-0.15, -0.1) is 0 Å². The summed E-state index contributed by atoms with van der Waals surface area (Å²) in [6.07, 6.45) is 6.71. The molecule has 1 saturated heterocycles. The molecule has 1 unspecified atom stereocenters. The number of rotatable bonds is 6. The number of hydrogen-bond acceptors (Lipinski definition) is 3. The second-order valence-corrected chi connectivity index (χ2v) is 8.19. The van der Waals surface area contributed by atoms with E-state index in [4.69, 9.17) is 0 Å². The van der Waals surface area contributed by atoms with Crippen LogP contribution in [-0.2, 0) is 12.8 Å². The molecule has 2 heterocycles. The van der Waals surface area contributed by atoms with Gasteiger partial charge in [0.15, 0.2) is 5.69 Å². The topological polar surface area (TPSA) is 50.2 Å². The zero-order valence-corrected chi connectivity index (χ0v) is 16.6. The van der Waals surface area contributed by atoms with E-state index in [1.165, 1.54) is 44.5 Å². The molecule has 1 aliphatic heterocycles. The third kappa shape index (κ3) is 4.12. The second-order valence-electron chi connectivity index (χ2n) is 8.19. The van der Waals surface area contributed by atoms with Crippen LogP contribution in [0.4, 0.5) is 4.39 Å². The van der Waals surface area contributed by atoms with Crippen molar-refractivity contribution in [3.63, 3.8) is 0 Å². The quantitative estimate of drug-likeness (QED) is 0.831. The Balaban J connectivity index is 1.43. The number of aromatic nitrogens is 2. The van der Waals surface area contributed by atoms with Gasteiger partial charge in [0.1, 0.15) is 5.82 Å². The van der Waals surface area contributed by atoms with Crippen LogP contribution in [0.3, 0.4) is 0 Å². The Morgan fingerprint density at radius 1 is 1.14 bits per heavy atom. The maximum absolute atomic E-state index is 13.3. The molecule has 0 radical (unpaired) electrons. The van der Waals surface area contributed by atoms with Crippen molar-refractivity contribution in [2.75, 3.05) is 26.2 Å². The molecule has 0 spiro atoms. The van der Waals surface area contributed by atoms with E-state index in [0.717, 1.165) is 42.8 Å². The predicted octanol–water partition coefficient (Wildman–Crippen LogP) is 3.35. The first-order chi connectivity index (χ1) is 13.6. The number of amides is 1. The number of nitrogens with zero attached hydrogens (tertiary/aromatic N) is 3. The Kier molecular flexibility index (Phi) is 5.76. The minimum atomic E-state index is -0.270. The Hall–Kier alpha value is -2.21. The summed E-state index contributed by atoms with van der Waals surface area (Å²) < 4.78 is 15.1. The largest absolute Gasteiger partial charge is 0.350 e. The van der Waals surface area contributed by atoms with Crippen LogP contribution < -0.4 is 5.32 Å². The van der Waals surface area contributed by atoms with Crippen molar-refractivity contribution in [3.05, 3.63) is 47.0 Å². The number of carbonyl (C=O) groups excluding carboxylic acids is 1. The monoisotopic (exact) mass is 384 g/mol. The summed E-state index contributed by atoms with van der Waals surface area (Å²) in [6.45, 7) is 6.23. The van der Waals surface area contributed by atoms with Gasteiger partial charge in [0.2, 0.25) is 0 Å². The molecule has 1 aromatic heterocycles.